The molecule has 4 heteroatoms. The van der Waals surface area contributed by atoms with Crippen LogP contribution >= 0.6 is 0 Å². The number of anilines is 1. The molecule has 0 fully saturated rings. The van der Waals surface area contributed by atoms with E-state index in [1.807, 2.05) is 13.0 Å². The van der Waals surface area contributed by atoms with Crippen LogP contribution in [0.25, 0.3) is 10.9 Å². The quantitative estimate of drug-likeness (QED) is 0.845. The highest BCUT2D eigenvalue weighted by Crippen LogP contribution is 2.24. The average Bonchev–Trinajstić information content (AvgIpc) is 2.20. The highest BCUT2D eigenvalue weighted by molar-refractivity contribution is 5.91. The molecule has 1 aromatic carbocycles. The maximum absolute atomic E-state index is 13.7. The number of methoxy groups -OCH3 is 1. The summed E-state index contributed by atoms with van der Waals surface area (Å²) in [6.45, 7) is 2.15. The van der Waals surface area contributed by atoms with Gasteiger partial charge in [-0.15, -0.1) is 0 Å². The Hall–Kier alpha value is -1.68. The number of nitrogens with two attached hydrogens (primary N) is 1. The smallest absolute Gasteiger partial charge is 0.149 e. The molecule has 2 N–H and O–H groups in total. The van der Waals surface area contributed by atoms with E-state index in [0.717, 1.165) is 5.56 Å². The van der Waals surface area contributed by atoms with Crippen molar-refractivity contribution in [3.63, 3.8) is 0 Å². The van der Waals surface area contributed by atoms with Gasteiger partial charge in [-0.05, 0) is 30.7 Å². The summed E-state index contributed by atoms with van der Waals surface area (Å²) in [6.07, 6.45) is 0. The number of benzene rings is 1. The molecule has 0 radical (unpaired) electrons. The van der Waals surface area contributed by atoms with Crippen LogP contribution in [0.2, 0.25) is 0 Å². The number of hydrogen-bond acceptors (Lipinski definition) is 3. The lowest BCUT2D eigenvalue weighted by molar-refractivity contribution is 0.182. The molecular weight excluding hydrogens is 207 g/mol. The molecule has 0 aliphatic carbocycles. The highest BCUT2D eigenvalue weighted by atomic mass is 19.1. The minimum Gasteiger partial charge on any atom is -0.398 e. The third-order valence-electron chi connectivity index (χ3n) is 2.39. The van der Waals surface area contributed by atoms with Crippen LogP contribution in [0.15, 0.2) is 18.2 Å². The largest absolute Gasteiger partial charge is 0.398 e. The number of aryl methyl sites for hydroxylation is 1. The Labute approximate surface area is 93.0 Å². The molecular formula is C12H13FN2O. The van der Waals surface area contributed by atoms with Crippen molar-refractivity contribution in [2.24, 2.45) is 0 Å². The Morgan fingerprint density at radius 2 is 2.12 bits per heavy atom. The Morgan fingerprint density at radius 3 is 2.81 bits per heavy atom. The number of halogens is 1. The van der Waals surface area contributed by atoms with Crippen molar-refractivity contribution in [1.29, 1.82) is 0 Å². The van der Waals surface area contributed by atoms with Gasteiger partial charge in [0.05, 0.1) is 12.3 Å². The van der Waals surface area contributed by atoms with Gasteiger partial charge in [-0.2, -0.15) is 0 Å². The summed E-state index contributed by atoms with van der Waals surface area (Å²) in [4.78, 5) is 4.19. The first-order valence-corrected chi connectivity index (χ1v) is 4.96. The zero-order valence-electron chi connectivity index (χ0n) is 9.25. The van der Waals surface area contributed by atoms with Crippen LogP contribution in [0.1, 0.15) is 11.3 Å². The van der Waals surface area contributed by atoms with E-state index in [1.54, 1.807) is 13.2 Å². The van der Waals surface area contributed by atoms with E-state index in [4.69, 9.17) is 10.5 Å². The molecule has 0 saturated heterocycles. The van der Waals surface area contributed by atoms with Crippen LogP contribution in [0.5, 0.6) is 0 Å². The fraction of sp³-hybridized carbons (Fsp3) is 0.250. The van der Waals surface area contributed by atoms with Gasteiger partial charge in [-0.1, -0.05) is 0 Å². The summed E-state index contributed by atoms with van der Waals surface area (Å²) in [7, 11) is 1.56. The van der Waals surface area contributed by atoms with E-state index in [9.17, 15) is 4.39 Å². The van der Waals surface area contributed by atoms with E-state index in [1.165, 1.54) is 6.07 Å². The maximum atomic E-state index is 13.7. The van der Waals surface area contributed by atoms with E-state index in [2.05, 4.69) is 4.98 Å². The summed E-state index contributed by atoms with van der Waals surface area (Å²) in [5.41, 5.74) is 8.16. The number of fused-ring (bicyclic) bond motifs is 1. The Bertz CT molecular complexity index is 540. The molecule has 0 amide bonds. The van der Waals surface area contributed by atoms with Gasteiger partial charge in [0.1, 0.15) is 11.3 Å². The van der Waals surface area contributed by atoms with Crippen LogP contribution in [-0.2, 0) is 11.3 Å². The topological polar surface area (TPSA) is 48.1 Å². The Balaban J connectivity index is 2.71. The molecule has 0 saturated carbocycles. The first-order chi connectivity index (χ1) is 7.61. The minimum atomic E-state index is -0.348. The molecule has 16 heavy (non-hydrogen) atoms. The first kappa shape index (κ1) is 10.8. The van der Waals surface area contributed by atoms with Crippen LogP contribution < -0.4 is 5.73 Å². The standard InChI is InChI=1S/C12H13FN2O/c1-7-3-9-11(14)5-8(6-16-2)15-12(9)10(13)4-7/h3-5H,6H2,1-2H3,(H2,14,15). The monoisotopic (exact) mass is 220 g/mol. The molecule has 0 bridgehead atoms. The number of ether oxygens (including phenoxy) is 1. The fourth-order valence-corrected chi connectivity index (χ4v) is 1.72. The van der Waals surface area contributed by atoms with Crippen molar-refractivity contribution in [2.45, 2.75) is 13.5 Å². The lowest BCUT2D eigenvalue weighted by Gasteiger charge is -2.07. The normalized spacial score (nSPS) is 10.9. The van der Waals surface area contributed by atoms with Crippen molar-refractivity contribution in [1.82, 2.24) is 4.98 Å². The lowest BCUT2D eigenvalue weighted by Crippen LogP contribution is -1.99. The Morgan fingerprint density at radius 1 is 1.38 bits per heavy atom. The predicted octanol–water partition coefficient (Wildman–Crippen LogP) is 2.41. The molecule has 84 valence electrons. The van der Waals surface area contributed by atoms with E-state index in [-0.39, 0.29) is 5.82 Å². The van der Waals surface area contributed by atoms with Gasteiger partial charge in [-0.3, -0.25) is 0 Å². The van der Waals surface area contributed by atoms with Crippen molar-refractivity contribution in [3.05, 3.63) is 35.3 Å². The van der Waals surface area contributed by atoms with Crippen LogP contribution in [0.4, 0.5) is 10.1 Å². The third-order valence-corrected chi connectivity index (χ3v) is 2.39. The molecule has 2 rings (SSSR count). The summed E-state index contributed by atoms with van der Waals surface area (Å²) >= 11 is 0. The van der Waals surface area contributed by atoms with Crippen molar-refractivity contribution in [2.75, 3.05) is 12.8 Å². The second-order valence-electron chi connectivity index (χ2n) is 3.78. The van der Waals surface area contributed by atoms with Crippen LogP contribution in [-0.4, -0.2) is 12.1 Å². The van der Waals surface area contributed by atoms with Gasteiger partial charge in [0, 0.05) is 18.2 Å². The summed E-state index contributed by atoms with van der Waals surface area (Å²) < 4.78 is 18.6. The second kappa shape index (κ2) is 4.06. The zero-order chi connectivity index (χ0) is 11.7. The van der Waals surface area contributed by atoms with Crippen molar-refractivity contribution in [3.8, 4) is 0 Å². The van der Waals surface area contributed by atoms with Gasteiger partial charge in [0.25, 0.3) is 0 Å². The number of hydrogen-bond donors (Lipinski definition) is 1. The molecule has 3 nitrogen and oxygen atoms in total. The van der Waals surface area contributed by atoms with Gasteiger partial charge >= 0.3 is 0 Å². The van der Waals surface area contributed by atoms with Gasteiger partial charge in [0.15, 0.2) is 0 Å². The van der Waals surface area contributed by atoms with Gasteiger partial charge in [0.2, 0.25) is 0 Å². The van der Waals surface area contributed by atoms with Crippen molar-refractivity contribution < 1.29 is 9.13 Å². The number of aromatic nitrogens is 1. The summed E-state index contributed by atoms with van der Waals surface area (Å²) in [5, 5.41) is 0.650. The fourth-order valence-electron chi connectivity index (χ4n) is 1.72. The van der Waals surface area contributed by atoms with Crippen LogP contribution in [0.3, 0.4) is 0 Å². The molecule has 0 atom stereocenters. The molecule has 0 aliphatic rings. The molecule has 1 heterocycles. The van der Waals surface area contributed by atoms with E-state index < -0.39 is 0 Å². The zero-order valence-corrected chi connectivity index (χ0v) is 9.25. The molecule has 0 aliphatic heterocycles. The Kier molecular flexibility index (Phi) is 2.75. The minimum absolute atomic E-state index is 0.303. The molecule has 0 spiro atoms. The van der Waals surface area contributed by atoms with Crippen LogP contribution in [0, 0.1) is 12.7 Å². The average molecular weight is 220 g/mol. The maximum Gasteiger partial charge on any atom is 0.149 e. The summed E-state index contributed by atoms with van der Waals surface area (Å²) in [5.74, 6) is -0.348. The highest BCUT2D eigenvalue weighted by Gasteiger charge is 2.08. The van der Waals surface area contributed by atoms with E-state index >= 15 is 0 Å². The first-order valence-electron chi connectivity index (χ1n) is 4.96. The predicted molar refractivity (Wildman–Crippen MR) is 61.6 cm³/mol. The van der Waals surface area contributed by atoms with Gasteiger partial charge < -0.3 is 10.5 Å². The third kappa shape index (κ3) is 1.84. The number of pyridine rings is 1. The lowest BCUT2D eigenvalue weighted by atomic mass is 10.1. The number of nitrogens with zero attached hydrogens (tertiary/aromatic N) is 1. The number of rotatable bonds is 2. The van der Waals surface area contributed by atoms with Gasteiger partial charge in [-0.25, -0.2) is 9.37 Å². The molecule has 1 aromatic heterocycles. The second-order valence-corrected chi connectivity index (χ2v) is 3.78. The molecule has 0 unspecified atom stereocenters. The van der Waals surface area contributed by atoms with E-state index in [0.29, 0.717) is 28.9 Å². The summed E-state index contributed by atoms with van der Waals surface area (Å²) in [6, 6.07) is 4.99. The number of nitrogen functional groups attached to an aromatic ring is 1. The SMILES string of the molecule is COCc1cc(N)c2cc(C)cc(F)c2n1. The van der Waals surface area contributed by atoms with Crippen molar-refractivity contribution >= 4 is 16.6 Å². The molecule has 2 aromatic rings.